The quantitative estimate of drug-likeness (QED) is 0.372. The molecule has 5 nitrogen and oxygen atoms in total. The largest absolute Gasteiger partial charge is 0.342 e. The van der Waals surface area contributed by atoms with Gasteiger partial charge in [-0.1, -0.05) is 84.6 Å². The third-order valence-corrected chi connectivity index (χ3v) is 5.39. The SMILES string of the molecule is c1ccc(-c2ccc(C[NH2+]CCSc3nnnn3-c3ccccc3)cc2)cc1. The van der Waals surface area contributed by atoms with Gasteiger partial charge in [0.1, 0.15) is 6.54 Å². The Balaban J connectivity index is 1.24. The first-order valence-corrected chi connectivity index (χ1v) is 10.3. The molecule has 0 aliphatic rings. The van der Waals surface area contributed by atoms with Crippen LogP contribution in [0.3, 0.4) is 0 Å². The van der Waals surface area contributed by atoms with Crippen LogP contribution >= 0.6 is 11.8 Å². The van der Waals surface area contributed by atoms with Crippen LogP contribution in [0.15, 0.2) is 90.1 Å². The summed E-state index contributed by atoms with van der Waals surface area (Å²) in [6.45, 7) is 1.98. The maximum absolute atomic E-state index is 4.14. The van der Waals surface area contributed by atoms with E-state index in [0.717, 1.165) is 29.7 Å². The van der Waals surface area contributed by atoms with Crippen molar-refractivity contribution in [2.24, 2.45) is 0 Å². The number of para-hydroxylation sites is 1. The summed E-state index contributed by atoms with van der Waals surface area (Å²) >= 11 is 1.68. The Bertz CT molecular complexity index is 984. The van der Waals surface area contributed by atoms with E-state index in [1.807, 2.05) is 36.4 Å². The number of benzene rings is 3. The van der Waals surface area contributed by atoms with Crippen molar-refractivity contribution in [1.29, 1.82) is 0 Å². The molecule has 0 atom stereocenters. The lowest BCUT2D eigenvalue weighted by atomic mass is 10.0. The number of tetrazole rings is 1. The average Bonchev–Trinajstić information content (AvgIpc) is 3.24. The van der Waals surface area contributed by atoms with Gasteiger partial charge in [0.2, 0.25) is 5.16 Å². The second-order valence-corrected chi connectivity index (χ2v) is 7.46. The molecule has 0 unspecified atom stereocenters. The Hall–Kier alpha value is -2.96. The van der Waals surface area contributed by atoms with E-state index in [1.54, 1.807) is 16.4 Å². The molecule has 0 amide bonds. The van der Waals surface area contributed by atoms with Crippen molar-refractivity contribution in [2.45, 2.75) is 11.7 Å². The zero-order valence-electron chi connectivity index (χ0n) is 15.5. The molecule has 3 aromatic carbocycles. The molecule has 140 valence electrons. The van der Waals surface area contributed by atoms with Gasteiger partial charge in [0.05, 0.1) is 18.0 Å². The van der Waals surface area contributed by atoms with Crippen LogP contribution in [-0.4, -0.2) is 32.5 Å². The molecule has 6 heteroatoms. The van der Waals surface area contributed by atoms with Crippen LogP contribution in [0.2, 0.25) is 0 Å². The van der Waals surface area contributed by atoms with E-state index in [4.69, 9.17) is 0 Å². The van der Waals surface area contributed by atoms with Gasteiger partial charge in [0.15, 0.2) is 0 Å². The maximum atomic E-state index is 4.14. The van der Waals surface area contributed by atoms with E-state index < -0.39 is 0 Å². The number of nitrogens with zero attached hydrogens (tertiary/aromatic N) is 4. The van der Waals surface area contributed by atoms with E-state index in [2.05, 4.69) is 69.4 Å². The summed E-state index contributed by atoms with van der Waals surface area (Å²) in [5, 5.41) is 15.2. The number of hydrogen-bond acceptors (Lipinski definition) is 4. The zero-order chi connectivity index (χ0) is 19.0. The Kier molecular flexibility index (Phi) is 6.11. The minimum Gasteiger partial charge on any atom is -0.342 e. The summed E-state index contributed by atoms with van der Waals surface area (Å²) in [5.74, 6) is 0.954. The smallest absolute Gasteiger partial charge is 0.214 e. The third-order valence-electron chi connectivity index (χ3n) is 4.44. The van der Waals surface area contributed by atoms with E-state index in [0.29, 0.717) is 0 Å². The van der Waals surface area contributed by atoms with Gasteiger partial charge in [0.25, 0.3) is 0 Å². The molecule has 28 heavy (non-hydrogen) atoms. The van der Waals surface area contributed by atoms with E-state index in [1.165, 1.54) is 16.7 Å². The first-order valence-electron chi connectivity index (χ1n) is 9.33. The van der Waals surface area contributed by atoms with Crippen molar-refractivity contribution in [1.82, 2.24) is 20.2 Å². The van der Waals surface area contributed by atoms with Crippen molar-refractivity contribution in [3.8, 4) is 16.8 Å². The van der Waals surface area contributed by atoms with Gasteiger partial charge in [-0.15, -0.1) is 5.10 Å². The fourth-order valence-electron chi connectivity index (χ4n) is 2.97. The van der Waals surface area contributed by atoms with Crippen molar-refractivity contribution in [2.75, 3.05) is 12.3 Å². The Morgan fingerprint density at radius 3 is 2.21 bits per heavy atom. The minimum atomic E-state index is 0.826. The zero-order valence-corrected chi connectivity index (χ0v) is 16.3. The van der Waals surface area contributed by atoms with Crippen LogP contribution in [-0.2, 0) is 6.54 Å². The minimum absolute atomic E-state index is 0.826. The molecule has 0 fully saturated rings. The third kappa shape index (κ3) is 4.65. The lowest BCUT2D eigenvalue weighted by Crippen LogP contribution is -2.83. The Morgan fingerprint density at radius 2 is 1.46 bits per heavy atom. The number of aromatic nitrogens is 4. The van der Waals surface area contributed by atoms with E-state index >= 15 is 0 Å². The van der Waals surface area contributed by atoms with Crippen LogP contribution < -0.4 is 5.32 Å². The number of rotatable bonds is 8. The molecule has 0 saturated carbocycles. The Morgan fingerprint density at radius 1 is 0.786 bits per heavy atom. The summed E-state index contributed by atoms with van der Waals surface area (Å²) in [6, 6.07) is 29.3. The Labute approximate surface area is 168 Å². The van der Waals surface area contributed by atoms with Crippen LogP contribution in [0.4, 0.5) is 0 Å². The fraction of sp³-hybridized carbons (Fsp3) is 0.136. The first-order chi connectivity index (χ1) is 13.9. The first kappa shape index (κ1) is 18.4. The van der Waals surface area contributed by atoms with Crippen molar-refractivity contribution in [3.63, 3.8) is 0 Å². The monoisotopic (exact) mass is 388 g/mol. The molecule has 0 aliphatic carbocycles. The number of thioether (sulfide) groups is 1. The van der Waals surface area contributed by atoms with Crippen molar-refractivity contribution < 1.29 is 5.32 Å². The molecule has 0 spiro atoms. The molecule has 4 aromatic rings. The maximum Gasteiger partial charge on any atom is 0.214 e. The van der Waals surface area contributed by atoms with Gasteiger partial charge >= 0.3 is 0 Å². The van der Waals surface area contributed by atoms with Crippen LogP contribution in [0.1, 0.15) is 5.56 Å². The predicted octanol–water partition coefficient (Wildman–Crippen LogP) is 3.19. The molecule has 0 saturated heterocycles. The van der Waals surface area contributed by atoms with E-state index in [9.17, 15) is 0 Å². The topological polar surface area (TPSA) is 60.2 Å². The summed E-state index contributed by atoms with van der Waals surface area (Å²) in [5.41, 5.74) is 4.83. The summed E-state index contributed by atoms with van der Waals surface area (Å²) in [4.78, 5) is 0. The molecule has 0 aliphatic heterocycles. The number of hydrogen-bond donors (Lipinski definition) is 1. The highest BCUT2D eigenvalue weighted by atomic mass is 32.2. The number of nitrogens with two attached hydrogens (primary N) is 1. The molecule has 0 radical (unpaired) electrons. The molecule has 2 N–H and O–H groups in total. The molecule has 4 rings (SSSR count). The predicted molar refractivity (Wildman–Crippen MR) is 112 cm³/mol. The molecular weight excluding hydrogens is 366 g/mol. The standard InChI is InChI=1S/C22H21N5S/c1-3-7-19(8-4-1)20-13-11-18(12-14-20)17-23-15-16-28-22-24-25-26-27(22)21-9-5-2-6-10-21/h1-14,23H,15-17H2/p+1. The summed E-state index contributed by atoms with van der Waals surface area (Å²) in [7, 11) is 0. The summed E-state index contributed by atoms with van der Waals surface area (Å²) < 4.78 is 1.78. The lowest BCUT2D eigenvalue weighted by Gasteiger charge is -2.05. The van der Waals surface area contributed by atoms with Gasteiger partial charge < -0.3 is 5.32 Å². The fourth-order valence-corrected chi connectivity index (χ4v) is 3.79. The van der Waals surface area contributed by atoms with E-state index in [-0.39, 0.29) is 0 Å². The molecule has 1 heterocycles. The molecule has 0 bridgehead atoms. The summed E-state index contributed by atoms with van der Waals surface area (Å²) in [6.07, 6.45) is 0. The average molecular weight is 389 g/mol. The highest BCUT2D eigenvalue weighted by molar-refractivity contribution is 7.99. The van der Waals surface area contributed by atoms with Gasteiger partial charge in [-0.25, -0.2) is 0 Å². The van der Waals surface area contributed by atoms with Gasteiger partial charge in [0, 0.05) is 5.56 Å². The second-order valence-electron chi connectivity index (χ2n) is 6.40. The highest BCUT2D eigenvalue weighted by Gasteiger charge is 2.08. The molecular formula is C22H22N5S+. The van der Waals surface area contributed by atoms with Crippen LogP contribution in [0, 0.1) is 0 Å². The van der Waals surface area contributed by atoms with Crippen molar-refractivity contribution >= 4 is 11.8 Å². The number of quaternary nitrogens is 1. The molecule has 1 aromatic heterocycles. The van der Waals surface area contributed by atoms with Crippen molar-refractivity contribution in [3.05, 3.63) is 90.5 Å². The van der Waals surface area contributed by atoms with Gasteiger partial charge in [-0.05, 0) is 33.7 Å². The highest BCUT2D eigenvalue weighted by Crippen LogP contribution is 2.19. The van der Waals surface area contributed by atoms with Crippen LogP contribution in [0.5, 0.6) is 0 Å². The van der Waals surface area contributed by atoms with Gasteiger partial charge in [-0.3, -0.25) is 0 Å². The lowest BCUT2D eigenvalue weighted by molar-refractivity contribution is -0.666. The second kappa shape index (κ2) is 9.30. The van der Waals surface area contributed by atoms with Crippen LogP contribution in [0.25, 0.3) is 16.8 Å². The van der Waals surface area contributed by atoms with Gasteiger partial charge in [-0.2, -0.15) is 4.68 Å². The normalized spacial score (nSPS) is 10.9.